The molecule has 0 radical (unpaired) electrons. The van der Waals surface area contributed by atoms with Gasteiger partial charge in [-0.3, -0.25) is 32.5 Å². The molecule has 0 aliphatic carbocycles. The Morgan fingerprint density at radius 1 is 0.319 bits per heavy atom. The van der Waals surface area contributed by atoms with Gasteiger partial charge in [0.1, 0.15) is 25.4 Å². The van der Waals surface area contributed by atoms with Crippen molar-refractivity contribution in [2.24, 2.45) is 0 Å². The zero-order valence-electron chi connectivity index (χ0n) is 56.0. The molecule has 16 nitrogen and oxygen atoms in total. The predicted octanol–water partition coefficient (Wildman–Crippen LogP) is 19.0. The number of carbonyl (C=O) groups excluding carboxylic acids is 3. The second kappa shape index (κ2) is 65.5. The number of aliphatic hydroxyl groups is 2. The van der Waals surface area contributed by atoms with Crippen LogP contribution in [0.1, 0.15) is 239 Å². The van der Waals surface area contributed by atoms with Gasteiger partial charge in [0.2, 0.25) is 0 Å². The molecule has 0 saturated carbocycles. The van der Waals surface area contributed by atoms with E-state index in [1.54, 1.807) is 0 Å². The zero-order valence-corrected chi connectivity index (χ0v) is 57.7. The van der Waals surface area contributed by atoms with Crippen LogP contribution in [-0.4, -0.2) is 95.9 Å². The van der Waals surface area contributed by atoms with Gasteiger partial charge >= 0.3 is 33.6 Å². The van der Waals surface area contributed by atoms with Crippen LogP contribution in [0, 0.1) is 0 Å². The summed E-state index contributed by atoms with van der Waals surface area (Å²) in [7, 11) is -9.81. The fourth-order valence-electron chi connectivity index (χ4n) is 8.30. The molecule has 0 heterocycles. The van der Waals surface area contributed by atoms with Gasteiger partial charge in [0.05, 0.1) is 26.4 Å². The first-order valence-corrected chi connectivity index (χ1v) is 37.1. The molecular weight excluding hydrogens is 1190 g/mol. The molecule has 0 aliphatic rings. The molecule has 18 heteroatoms. The first-order chi connectivity index (χ1) is 44.2. The monoisotopic (exact) mass is 1310 g/mol. The number of phosphoric ester groups is 2. The van der Waals surface area contributed by atoms with Gasteiger partial charge in [-0.15, -0.1) is 0 Å². The molecule has 0 spiro atoms. The maximum Gasteiger partial charge on any atom is 0.472 e. The van der Waals surface area contributed by atoms with Crippen molar-refractivity contribution in [1.29, 1.82) is 0 Å². The summed E-state index contributed by atoms with van der Waals surface area (Å²) in [5.74, 6) is -1.67. The number of ether oxygens (including phenoxy) is 3. The van der Waals surface area contributed by atoms with Crippen molar-refractivity contribution in [2.75, 3.05) is 39.6 Å². The molecule has 0 aromatic heterocycles. The number of hydrogen-bond acceptors (Lipinski definition) is 14. The summed E-state index contributed by atoms with van der Waals surface area (Å²) in [4.78, 5) is 58.3. The third-order valence-electron chi connectivity index (χ3n) is 13.5. The van der Waals surface area contributed by atoms with Crippen LogP contribution in [0.25, 0.3) is 0 Å². The third-order valence-corrected chi connectivity index (χ3v) is 15.4. The first-order valence-electron chi connectivity index (χ1n) is 34.1. The Morgan fingerprint density at radius 2 is 0.604 bits per heavy atom. The van der Waals surface area contributed by atoms with E-state index in [0.29, 0.717) is 19.3 Å². The molecule has 5 atom stereocenters. The van der Waals surface area contributed by atoms with Crippen LogP contribution >= 0.6 is 15.6 Å². The van der Waals surface area contributed by atoms with E-state index in [1.165, 1.54) is 25.7 Å². The minimum absolute atomic E-state index is 0.0779. The number of allylic oxidation sites excluding steroid dienone is 24. The average molecular weight is 1320 g/mol. The number of phosphoric acid groups is 2. The van der Waals surface area contributed by atoms with Crippen molar-refractivity contribution >= 4 is 33.6 Å². The van der Waals surface area contributed by atoms with Gasteiger partial charge in [-0.25, -0.2) is 9.13 Å². The number of unbranched alkanes of at least 4 members (excludes halogenated alkanes) is 16. The lowest BCUT2D eigenvalue weighted by atomic mass is 10.1. The molecular formula is C73H120O16P2. The van der Waals surface area contributed by atoms with Crippen molar-refractivity contribution in [3.05, 3.63) is 146 Å². The SMILES string of the molecule is CC/C=C\C/C=C\C/C=C\C/C=C\C/C=C\C/C=C\CCCCC(=O)OCC(O)COP(=O)(O)OCC(O)COP(=O)(O)OCC(COC(=O)CCCCCCC/C=C\C/C=C\C/C=C\C/C=C\CCCCC)OC(=O)CCCCCCC/C=C\C/C=C\CCC. The molecule has 0 saturated heterocycles. The van der Waals surface area contributed by atoms with Crippen molar-refractivity contribution < 1.29 is 75.8 Å². The van der Waals surface area contributed by atoms with Crippen LogP contribution in [0.2, 0.25) is 0 Å². The van der Waals surface area contributed by atoms with Crippen LogP contribution in [0.4, 0.5) is 0 Å². The standard InChI is InChI=1S/C73H120O16P2/c1-4-7-10-13-16-19-22-25-27-29-31-33-35-37-39-42-44-47-50-53-56-59-71(76)83-62-68(74)63-85-90(79,80)86-64-69(75)65-87-91(81,82)88-67-70(89-73(78)61-58-55-52-49-46-41-24-21-18-15-12-9-6-3)66-84-72(77)60-57-54-51-48-45-43-40-38-36-34-32-30-28-26-23-20-17-14-11-8-5-2/h7,10,12,15-17,19-21,24-28,31-34,37-40,44,47,68-70,74-75H,4-6,8-9,11,13-14,18,22-23,29-30,35-36,41-43,45-46,48-67H2,1-3H3,(H,79,80)(H,81,82)/b10-7-,15-12-,19-16-,20-17-,24-21-,27-25-,28-26-,33-31-,34-32-,39-37-,40-38-,47-44-. The topological polar surface area (TPSA) is 231 Å². The smallest absolute Gasteiger partial charge is 0.463 e. The van der Waals surface area contributed by atoms with Gasteiger partial charge in [-0.2, -0.15) is 0 Å². The van der Waals surface area contributed by atoms with E-state index in [4.69, 9.17) is 32.3 Å². The molecule has 91 heavy (non-hydrogen) atoms. The van der Waals surface area contributed by atoms with Crippen molar-refractivity contribution in [1.82, 2.24) is 0 Å². The number of rotatable bonds is 63. The number of esters is 3. The minimum atomic E-state index is -4.94. The molecule has 0 bridgehead atoms. The number of aliphatic hydroxyl groups excluding tert-OH is 2. The van der Waals surface area contributed by atoms with Crippen LogP contribution in [-0.2, 0) is 55.8 Å². The predicted molar refractivity (Wildman–Crippen MR) is 371 cm³/mol. The molecule has 0 amide bonds. The second-order valence-corrected chi connectivity index (χ2v) is 25.1. The zero-order chi connectivity index (χ0) is 66.7. The van der Waals surface area contributed by atoms with E-state index in [9.17, 15) is 43.5 Å². The highest BCUT2D eigenvalue weighted by Crippen LogP contribution is 2.45. The average Bonchev–Trinajstić information content (AvgIpc) is 3.75. The highest BCUT2D eigenvalue weighted by Gasteiger charge is 2.29. The normalized spacial score (nSPS) is 15.1. The molecule has 518 valence electrons. The van der Waals surface area contributed by atoms with Crippen molar-refractivity contribution in [2.45, 2.75) is 257 Å². The number of hydrogen-bond donors (Lipinski definition) is 4. The van der Waals surface area contributed by atoms with E-state index < -0.39 is 91.5 Å². The largest absolute Gasteiger partial charge is 0.472 e. The molecule has 0 fully saturated rings. The van der Waals surface area contributed by atoms with Crippen LogP contribution < -0.4 is 0 Å². The van der Waals surface area contributed by atoms with Gasteiger partial charge in [0.15, 0.2) is 6.10 Å². The molecule has 0 aliphatic heterocycles. The lowest BCUT2D eigenvalue weighted by molar-refractivity contribution is -0.161. The maximum atomic E-state index is 12.9. The van der Waals surface area contributed by atoms with Crippen LogP contribution in [0.15, 0.2) is 146 Å². The Hall–Kier alpha value is -4.57. The molecule has 0 aromatic rings. The fraction of sp³-hybridized carbons (Fsp3) is 0.630. The quantitative estimate of drug-likeness (QED) is 0.0146. The van der Waals surface area contributed by atoms with Gasteiger partial charge in [0.25, 0.3) is 0 Å². The van der Waals surface area contributed by atoms with Gasteiger partial charge in [-0.1, -0.05) is 224 Å². The Labute approximate surface area is 549 Å². The summed E-state index contributed by atoms with van der Waals surface area (Å²) in [6.45, 7) is 2.34. The van der Waals surface area contributed by atoms with Gasteiger partial charge in [-0.05, 0) is 141 Å². The van der Waals surface area contributed by atoms with Crippen molar-refractivity contribution in [3.63, 3.8) is 0 Å². The first kappa shape index (κ1) is 86.4. The number of carbonyl (C=O) groups is 3. The van der Waals surface area contributed by atoms with Crippen molar-refractivity contribution in [3.8, 4) is 0 Å². The van der Waals surface area contributed by atoms with E-state index in [2.05, 4.69) is 167 Å². The lowest BCUT2D eigenvalue weighted by Gasteiger charge is -2.21. The summed E-state index contributed by atoms with van der Waals surface area (Å²) in [5.41, 5.74) is 0. The lowest BCUT2D eigenvalue weighted by Crippen LogP contribution is -2.30. The summed E-state index contributed by atoms with van der Waals surface area (Å²) in [6.07, 6.45) is 77.6. The molecule has 4 N–H and O–H groups in total. The highest BCUT2D eigenvalue weighted by molar-refractivity contribution is 7.47. The summed E-state index contributed by atoms with van der Waals surface area (Å²) in [5, 5.41) is 20.5. The van der Waals surface area contributed by atoms with E-state index in [1.807, 2.05) is 0 Å². The van der Waals surface area contributed by atoms with Gasteiger partial charge < -0.3 is 34.2 Å². The molecule has 0 rings (SSSR count). The Balaban J connectivity index is 4.72. The molecule has 5 unspecified atom stereocenters. The third kappa shape index (κ3) is 66.7. The fourth-order valence-corrected chi connectivity index (χ4v) is 9.88. The highest BCUT2D eigenvalue weighted by atomic mass is 31.2. The van der Waals surface area contributed by atoms with E-state index >= 15 is 0 Å². The molecule has 0 aromatic carbocycles. The summed E-state index contributed by atoms with van der Waals surface area (Å²) >= 11 is 0. The maximum absolute atomic E-state index is 12.9. The summed E-state index contributed by atoms with van der Waals surface area (Å²) < 4.78 is 60.8. The second-order valence-electron chi connectivity index (χ2n) is 22.2. The van der Waals surface area contributed by atoms with E-state index in [-0.39, 0.29) is 19.3 Å². The van der Waals surface area contributed by atoms with Crippen LogP contribution in [0.3, 0.4) is 0 Å². The van der Waals surface area contributed by atoms with Crippen LogP contribution in [0.5, 0.6) is 0 Å². The summed E-state index contributed by atoms with van der Waals surface area (Å²) in [6, 6.07) is 0. The Kier molecular flexibility index (Phi) is 62.2. The Bertz CT molecular complexity index is 2240. The Morgan fingerprint density at radius 3 is 0.989 bits per heavy atom. The minimum Gasteiger partial charge on any atom is -0.463 e. The van der Waals surface area contributed by atoms with Gasteiger partial charge in [0, 0.05) is 19.3 Å². The van der Waals surface area contributed by atoms with E-state index in [0.717, 1.165) is 154 Å².